The molecule has 0 aliphatic carbocycles. The SMILES string of the molecule is Cc1ccc(S(=O)(=O)N2CCC[C@H]2C(=O)OCC(=O)Nc2ccccc2)cc1. The number of nitrogens with zero attached hydrogens (tertiary/aromatic N) is 1. The van der Waals surface area contributed by atoms with E-state index in [4.69, 9.17) is 4.74 Å². The van der Waals surface area contributed by atoms with Crippen LogP contribution >= 0.6 is 0 Å². The van der Waals surface area contributed by atoms with Crippen LogP contribution in [-0.4, -0.2) is 43.8 Å². The number of amides is 1. The van der Waals surface area contributed by atoms with Crippen molar-refractivity contribution in [1.29, 1.82) is 0 Å². The van der Waals surface area contributed by atoms with Crippen molar-refractivity contribution >= 4 is 27.6 Å². The van der Waals surface area contributed by atoms with Gasteiger partial charge >= 0.3 is 5.97 Å². The summed E-state index contributed by atoms with van der Waals surface area (Å²) in [5, 5.41) is 2.61. The van der Waals surface area contributed by atoms with Gasteiger partial charge in [0.15, 0.2) is 6.61 Å². The Balaban J connectivity index is 1.62. The number of carbonyl (C=O) groups is 2. The van der Waals surface area contributed by atoms with Crippen molar-refractivity contribution in [3.8, 4) is 0 Å². The van der Waals surface area contributed by atoms with Gasteiger partial charge in [-0.15, -0.1) is 0 Å². The van der Waals surface area contributed by atoms with Gasteiger partial charge in [-0.05, 0) is 44.0 Å². The van der Waals surface area contributed by atoms with Crippen LogP contribution in [0.15, 0.2) is 59.5 Å². The standard InChI is InChI=1S/C20H22N2O5S/c1-15-9-11-17(12-10-15)28(25,26)22-13-5-8-18(22)20(24)27-14-19(23)21-16-6-3-2-4-7-16/h2-4,6-7,9-12,18H,5,8,13-14H2,1H3,(H,21,23)/t18-/m0/s1. The zero-order chi connectivity index (χ0) is 20.1. The number of nitrogens with one attached hydrogen (secondary N) is 1. The van der Waals surface area contributed by atoms with Crippen LogP contribution in [0.2, 0.25) is 0 Å². The van der Waals surface area contributed by atoms with E-state index >= 15 is 0 Å². The molecule has 1 heterocycles. The van der Waals surface area contributed by atoms with Crippen molar-refractivity contribution in [2.75, 3.05) is 18.5 Å². The zero-order valence-corrected chi connectivity index (χ0v) is 16.3. The predicted octanol–water partition coefficient (Wildman–Crippen LogP) is 2.33. The van der Waals surface area contributed by atoms with E-state index in [1.807, 2.05) is 13.0 Å². The van der Waals surface area contributed by atoms with Crippen molar-refractivity contribution in [2.45, 2.75) is 30.7 Å². The van der Waals surface area contributed by atoms with Gasteiger partial charge in [0.25, 0.3) is 5.91 Å². The lowest BCUT2D eigenvalue weighted by molar-refractivity contribution is -0.150. The summed E-state index contributed by atoms with van der Waals surface area (Å²) in [4.78, 5) is 24.5. The van der Waals surface area contributed by atoms with Gasteiger partial charge in [-0.3, -0.25) is 9.59 Å². The molecule has 0 radical (unpaired) electrons. The first-order valence-corrected chi connectivity index (χ1v) is 10.4. The Morgan fingerprint density at radius 2 is 1.79 bits per heavy atom. The van der Waals surface area contributed by atoms with E-state index in [2.05, 4.69) is 5.32 Å². The molecule has 0 aromatic heterocycles. The molecule has 28 heavy (non-hydrogen) atoms. The first kappa shape index (κ1) is 20.0. The van der Waals surface area contributed by atoms with Gasteiger partial charge in [0.05, 0.1) is 4.90 Å². The van der Waals surface area contributed by atoms with Crippen LogP contribution in [0.4, 0.5) is 5.69 Å². The number of hydrogen-bond donors (Lipinski definition) is 1. The average molecular weight is 402 g/mol. The van der Waals surface area contributed by atoms with Crippen LogP contribution in [0.1, 0.15) is 18.4 Å². The number of esters is 1. The molecule has 3 rings (SSSR count). The molecule has 1 N–H and O–H groups in total. The third kappa shape index (κ3) is 4.58. The first-order chi connectivity index (χ1) is 13.4. The van der Waals surface area contributed by atoms with Gasteiger partial charge in [0.1, 0.15) is 6.04 Å². The molecule has 8 heteroatoms. The molecular weight excluding hydrogens is 380 g/mol. The van der Waals surface area contributed by atoms with Crippen LogP contribution in [-0.2, 0) is 24.3 Å². The van der Waals surface area contributed by atoms with Crippen LogP contribution in [0, 0.1) is 6.92 Å². The lowest BCUT2D eigenvalue weighted by Gasteiger charge is -2.22. The number of sulfonamides is 1. The molecule has 0 bridgehead atoms. The van der Waals surface area contributed by atoms with Crippen molar-refractivity contribution in [3.63, 3.8) is 0 Å². The van der Waals surface area contributed by atoms with Gasteiger partial charge < -0.3 is 10.1 Å². The van der Waals surface area contributed by atoms with E-state index in [0.29, 0.717) is 18.5 Å². The Morgan fingerprint density at radius 1 is 1.11 bits per heavy atom. The van der Waals surface area contributed by atoms with Gasteiger partial charge in [-0.2, -0.15) is 4.31 Å². The topological polar surface area (TPSA) is 92.8 Å². The molecule has 2 aromatic carbocycles. The fraction of sp³-hybridized carbons (Fsp3) is 0.300. The second kappa shape index (κ2) is 8.53. The van der Waals surface area contributed by atoms with Crippen molar-refractivity contribution < 1.29 is 22.7 Å². The average Bonchev–Trinajstić information content (AvgIpc) is 3.18. The van der Waals surface area contributed by atoms with Gasteiger partial charge in [0, 0.05) is 12.2 Å². The maximum Gasteiger partial charge on any atom is 0.324 e. The van der Waals surface area contributed by atoms with Gasteiger partial charge in [0.2, 0.25) is 10.0 Å². The minimum Gasteiger partial charge on any atom is -0.454 e. The third-order valence-electron chi connectivity index (χ3n) is 4.51. The summed E-state index contributed by atoms with van der Waals surface area (Å²) in [6, 6.07) is 14.3. The number of rotatable bonds is 6. The van der Waals surface area contributed by atoms with Crippen LogP contribution < -0.4 is 5.32 Å². The van der Waals surface area contributed by atoms with Crippen molar-refractivity contribution in [3.05, 3.63) is 60.2 Å². The summed E-state index contributed by atoms with van der Waals surface area (Å²) in [6.45, 7) is 1.64. The molecule has 7 nitrogen and oxygen atoms in total. The summed E-state index contributed by atoms with van der Waals surface area (Å²) >= 11 is 0. The highest BCUT2D eigenvalue weighted by atomic mass is 32.2. The zero-order valence-electron chi connectivity index (χ0n) is 15.5. The molecule has 1 aliphatic heterocycles. The maximum absolute atomic E-state index is 12.9. The molecule has 1 aliphatic rings. The molecule has 1 amide bonds. The number of aryl methyl sites for hydroxylation is 1. The lowest BCUT2D eigenvalue weighted by Crippen LogP contribution is -2.42. The predicted molar refractivity (Wildman–Crippen MR) is 104 cm³/mol. The molecule has 148 valence electrons. The highest BCUT2D eigenvalue weighted by Gasteiger charge is 2.40. The summed E-state index contributed by atoms with van der Waals surface area (Å²) < 4.78 is 32.0. The van der Waals surface area contributed by atoms with Crippen molar-refractivity contribution in [1.82, 2.24) is 4.31 Å². The Labute approximate surface area is 164 Å². The summed E-state index contributed by atoms with van der Waals surface area (Å²) in [5.41, 5.74) is 1.54. The first-order valence-electron chi connectivity index (χ1n) is 8.98. The lowest BCUT2D eigenvalue weighted by atomic mass is 10.2. The molecule has 0 unspecified atom stereocenters. The second-order valence-electron chi connectivity index (χ2n) is 6.61. The highest BCUT2D eigenvalue weighted by molar-refractivity contribution is 7.89. The van der Waals surface area contributed by atoms with Crippen LogP contribution in [0.5, 0.6) is 0 Å². The van der Waals surface area contributed by atoms with Crippen LogP contribution in [0.25, 0.3) is 0 Å². The normalized spacial score (nSPS) is 17.2. The fourth-order valence-corrected chi connectivity index (χ4v) is 4.71. The second-order valence-corrected chi connectivity index (χ2v) is 8.50. The molecule has 0 spiro atoms. The number of carbonyl (C=O) groups excluding carboxylic acids is 2. The Hall–Kier alpha value is -2.71. The monoisotopic (exact) mass is 402 g/mol. The van der Waals surface area contributed by atoms with E-state index in [9.17, 15) is 18.0 Å². The van der Waals surface area contributed by atoms with Crippen LogP contribution in [0.3, 0.4) is 0 Å². The highest BCUT2D eigenvalue weighted by Crippen LogP contribution is 2.27. The molecule has 1 atom stereocenters. The summed E-state index contributed by atoms with van der Waals surface area (Å²) in [7, 11) is -3.80. The van der Waals surface area contributed by atoms with E-state index in [1.165, 1.54) is 12.1 Å². The molecule has 0 saturated carbocycles. The minimum absolute atomic E-state index is 0.139. The molecular formula is C20H22N2O5S. The maximum atomic E-state index is 12.9. The smallest absolute Gasteiger partial charge is 0.324 e. The Bertz CT molecular complexity index is 942. The van der Waals surface area contributed by atoms with E-state index in [1.54, 1.807) is 36.4 Å². The molecule has 2 aromatic rings. The number of benzene rings is 2. The van der Waals surface area contributed by atoms with E-state index in [0.717, 1.165) is 9.87 Å². The number of para-hydroxylation sites is 1. The molecule has 1 saturated heterocycles. The van der Waals surface area contributed by atoms with E-state index < -0.39 is 34.5 Å². The largest absolute Gasteiger partial charge is 0.454 e. The third-order valence-corrected chi connectivity index (χ3v) is 6.43. The number of anilines is 1. The number of ether oxygens (including phenoxy) is 1. The van der Waals surface area contributed by atoms with Gasteiger partial charge in [-0.25, -0.2) is 8.42 Å². The quantitative estimate of drug-likeness (QED) is 0.749. The minimum atomic E-state index is -3.80. The Kier molecular flexibility index (Phi) is 6.11. The van der Waals surface area contributed by atoms with Gasteiger partial charge in [-0.1, -0.05) is 35.9 Å². The Morgan fingerprint density at radius 3 is 2.46 bits per heavy atom. The van der Waals surface area contributed by atoms with E-state index in [-0.39, 0.29) is 11.4 Å². The summed E-state index contributed by atoms with van der Waals surface area (Å²) in [6.07, 6.45) is 0.922. The number of hydrogen-bond acceptors (Lipinski definition) is 5. The fourth-order valence-electron chi connectivity index (χ4n) is 3.06. The summed E-state index contributed by atoms with van der Waals surface area (Å²) in [5.74, 6) is -1.19. The molecule has 1 fully saturated rings. The van der Waals surface area contributed by atoms with Crippen molar-refractivity contribution in [2.24, 2.45) is 0 Å².